The molecule has 146 valence electrons. The molecule has 0 unspecified atom stereocenters. The van der Waals surface area contributed by atoms with Crippen molar-refractivity contribution in [2.75, 3.05) is 13.2 Å². The van der Waals surface area contributed by atoms with E-state index < -0.39 is 0 Å². The number of fused-ring (bicyclic) bond motifs is 2. The molecule has 5 nitrogen and oxygen atoms in total. The van der Waals surface area contributed by atoms with Crippen molar-refractivity contribution in [1.29, 1.82) is 0 Å². The van der Waals surface area contributed by atoms with Crippen molar-refractivity contribution in [1.82, 2.24) is 5.32 Å². The minimum absolute atomic E-state index is 0.0438. The van der Waals surface area contributed by atoms with Crippen molar-refractivity contribution in [3.05, 3.63) is 59.2 Å². The molecule has 0 spiro atoms. The minimum Gasteiger partial charge on any atom is -0.493 e. The van der Waals surface area contributed by atoms with Crippen LogP contribution in [0.2, 0.25) is 0 Å². The fraction of sp³-hybridized carbons (Fsp3) is 0.348. The van der Waals surface area contributed by atoms with Crippen LogP contribution in [0.5, 0.6) is 17.2 Å². The molecule has 0 saturated heterocycles. The highest BCUT2D eigenvalue weighted by Crippen LogP contribution is 2.36. The molecule has 0 aliphatic carbocycles. The Bertz CT molecular complexity index is 905. The fourth-order valence-corrected chi connectivity index (χ4v) is 3.74. The first-order valence-electron chi connectivity index (χ1n) is 9.80. The van der Waals surface area contributed by atoms with E-state index in [9.17, 15) is 4.79 Å². The van der Waals surface area contributed by atoms with Crippen LogP contribution in [-0.4, -0.2) is 25.2 Å². The largest absolute Gasteiger partial charge is 0.493 e. The smallest absolute Gasteiger partial charge is 0.244 e. The zero-order chi connectivity index (χ0) is 19.5. The van der Waals surface area contributed by atoms with E-state index in [1.54, 1.807) is 12.2 Å². The number of carbonyl (C=O) groups excluding carboxylic acids is 1. The highest BCUT2D eigenvalue weighted by Gasteiger charge is 2.23. The molecule has 2 aliphatic heterocycles. The molecule has 2 atom stereocenters. The average molecular weight is 379 g/mol. The fourth-order valence-electron chi connectivity index (χ4n) is 3.74. The summed E-state index contributed by atoms with van der Waals surface area (Å²) >= 11 is 0. The van der Waals surface area contributed by atoms with Gasteiger partial charge in [0.05, 0.1) is 19.3 Å². The Hall–Kier alpha value is -2.95. The molecule has 0 radical (unpaired) electrons. The normalized spacial score (nSPS) is 20.1. The SMILES string of the molecule is CCOc1cc2c(cc1/C=C/C(=O)N[C@@H]1CCOc3ccccc31)O[C@H](C)C2. The van der Waals surface area contributed by atoms with Gasteiger partial charge in [-0.05, 0) is 38.1 Å². The third kappa shape index (κ3) is 3.84. The monoisotopic (exact) mass is 379 g/mol. The molecule has 2 heterocycles. The van der Waals surface area contributed by atoms with Gasteiger partial charge in [0.15, 0.2) is 0 Å². The maximum atomic E-state index is 12.5. The number of hydrogen-bond donors (Lipinski definition) is 1. The maximum absolute atomic E-state index is 12.5. The molecule has 0 bridgehead atoms. The highest BCUT2D eigenvalue weighted by atomic mass is 16.5. The van der Waals surface area contributed by atoms with Crippen LogP contribution in [0.4, 0.5) is 0 Å². The molecular formula is C23H25NO4. The van der Waals surface area contributed by atoms with Crippen molar-refractivity contribution in [3.63, 3.8) is 0 Å². The molecule has 1 N–H and O–H groups in total. The van der Waals surface area contributed by atoms with Crippen LogP contribution in [0.1, 0.15) is 43.0 Å². The van der Waals surface area contributed by atoms with Gasteiger partial charge < -0.3 is 19.5 Å². The first-order chi connectivity index (χ1) is 13.6. The van der Waals surface area contributed by atoms with Crippen molar-refractivity contribution >= 4 is 12.0 Å². The molecule has 28 heavy (non-hydrogen) atoms. The van der Waals surface area contributed by atoms with Gasteiger partial charge in [0.1, 0.15) is 23.4 Å². The number of ether oxygens (including phenoxy) is 3. The zero-order valence-corrected chi connectivity index (χ0v) is 16.2. The molecule has 4 rings (SSSR count). The third-order valence-electron chi connectivity index (χ3n) is 5.02. The van der Waals surface area contributed by atoms with Gasteiger partial charge in [-0.3, -0.25) is 4.79 Å². The number of amides is 1. The lowest BCUT2D eigenvalue weighted by Crippen LogP contribution is -2.30. The molecule has 2 aliphatic rings. The second-order valence-corrected chi connectivity index (χ2v) is 7.13. The van der Waals surface area contributed by atoms with E-state index in [0.717, 1.165) is 46.8 Å². The van der Waals surface area contributed by atoms with Crippen LogP contribution in [0.3, 0.4) is 0 Å². The van der Waals surface area contributed by atoms with Gasteiger partial charge in [0.25, 0.3) is 0 Å². The summed E-state index contributed by atoms with van der Waals surface area (Å²) in [5.74, 6) is 2.35. The van der Waals surface area contributed by atoms with Gasteiger partial charge in [0, 0.05) is 35.6 Å². The lowest BCUT2D eigenvalue weighted by atomic mass is 10.0. The predicted molar refractivity (Wildman–Crippen MR) is 108 cm³/mol. The van der Waals surface area contributed by atoms with E-state index in [4.69, 9.17) is 14.2 Å². The second-order valence-electron chi connectivity index (χ2n) is 7.13. The molecule has 0 fully saturated rings. The lowest BCUT2D eigenvalue weighted by molar-refractivity contribution is -0.117. The van der Waals surface area contributed by atoms with Gasteiger partial charge >= 0.3 is 0 Å². The molecule has 2 aromatic carbocycles. The number of benzene rings is 2. The van der Waals surface area contributed by atoms with E-state index in [1.807, 2.05) is 43.3 Å². The average Bonchev–Trinajstić information content (AvgIpc) is 3.05. The first kappa shape index (κ1) is 18.4. The summed E-state index contributed by atoms with van der Waals surface area (Å²) in [6, 6.07) is 11.8. The Morgan fingerprint density at radius 3 is 3.00 bits per heavy atom. The molecule has 0 saturated carbocycles. The van der Waals surface area contributed by atoms with Crippen LogP contribution >= 0.6 is 0 Å². The highest BCUT2D eigenvalue weighted by molar-refractivity contribution is 5.92. The number of hydrogen-bond acceptors (Lipinski definition) is 4. The Balaban J connectivity index is 1.50. The molecular weight excluding hydrogens is 354 g/mol. The number of nitrogens with one attached hydrogen (secondary N) is 1. The molecule has 1 amide bonds. The van der Waals surface area contributed by atoms with Crippen LogP contribution in [0.15, 0.2) is 42.5 Å². The predicted octanol–water partition coefficient (Wildman–Crippen LogP) is 4.06. The lowest BCUT2D eigenvalue weighted by Gasteiger charge is -2.26. The van der Waals surface area contributed by atoms with Gasteiger partial charge in [-0.2, -0.15) is 0 Å². The number of para-hydroxylation sites is 1. The Kier molecular flexibility index (Phi) is 5.24. The van der Waals surface area contributed by atoms with Gasteiger partial charge in [-0.1, -0.05) is 18.2 Å². The summed E-state index contributed by atoms with van der Waals surface area (Å²) in [6.45, 7) is 5.17. The van der Waals surface area contributed by atoms with E-state index >= 15 is 0 Å². The summed E-state index contributed by atoms with van der Waals surface area (Å²) in [6.07, 6.45) is 5.15. The number of carbonyl (C=O) groups is 1. The zero-order valence-electron chi connectivity index (χ0n) is 16.2. The minimum atomic E-state index is -0.140. The molecule has 2 aromatic rings. The van der Waals surface area contributed by atoms with Crippen molar-refractivity contribution in [2.24, 2.45) is 0 Å². The Morgan fingerprint density at radius 1 is 1.29 bits per heavy atom. The van der Waals surface area contributed by atoms with Crippen LogP contribution in [-0.2, 0) is 11.2 Å². The Labute approximate surface area is 165 Å². The summed E-state index contributed by atoms with van der Waals surface area (Å²) in [5, 5.41) is 3.08. The summed E-state index contributed by atoms with van der Waals surface area (Å²) in [4.78, 5) is 12.5. The van der Waals surface area contributed by atoms with E-state index in [-0.39, 0.29) is 18.1 Å². The summed E-state index contributed by atoms with van der Waals surface area (Å²) in [7, 11) is 0. The van der Waals surface area contributed by atoms with Gasteiger partial charge in [0.2, 0.25) is 5.91 Å². The van der Waals surface area contributed by atoms with Gasteiger partial charge in [-0.15, -0.1) is 0 Å². The van der Waals surface area contributed by atoms with Crippen LogP contribution in [0.25, 0.3) is 6.08 Å². The first-order valence-corrected chi connectivity index (χ1v) is 9.80. The van der Waals surface area contributed by atoms with E-state index in [2.05, 4.69) is 12.2 Å². The quantitative estimate of drug-likeness (QED) is 0.796. The van der Waals surface area contributed by atoms with Crippen LogP contribution < -0.4 is 19.5 Å². The summed E-state index contributed by atoms with van der Waals surface area (Å²) < 4.78 is 17.3. The molecule has 5 heteroatoms. The van der Waals surface area contributed by atoms with E-state index in [0.29, 0.717) is 13.2 Å². The third-order valence-corrected chi connectivity index (χ3v) is 5.02. The van der Waals surface area contributed by atoms with Crippen LogP contribution in [0, 0.1) is 0 Å². The maximum Gasteiger partial charge on any atom is 0.244 e. The summed E-state index contributed by atoms with van der Waals surface area (Å²) in [5.41, 5.74) is 3.01. The Morgan fingerprint density at radius 2 is 2.14 bits per heavy atom. The molecule has 0 aromatic heterocycles. The topological polar surface area (TPSA) is 56.8 Å². The van der Waals surface area contributed by atoms with Crippen molar-refractivity contribution in [3.8, 4) is 17.2 Å². The van der Waals surface area contributed by atoms with Gasteiger partial charge in [-0.25, -0.2) is 0 Å². The van der Waals surface area contributed by atoms with E-state index in [1.165, 1.54) is 0 Å². The van der Waals surface area contributed by atoms with Crippen molar-refractivity contribution in [2.45, 2.75) is 38.8 Å². The standard InChI is InChI=1S/C23H25NO4/c1-3-26-21-14-17-12-15(2)28-22(17)13-16(21)8-9-23(25)24-19-10-11-27-20-7-5-4-6-18(19)20/h4-9,13-15,19H,3,10-12H2,1-2H3,(H,24,25)/b9-8+/t15-,19-/m1/s1. The number of rotatable bonds is 5. The second kappa shape index (κ2) is 7.97. The van der Waals surface area contributed by atoms with Crippen molar-refractivity contribution < 1.29 is 19.0 Å².